The molecule has 94 valence electrons. The fraction of sp³-hybridized carbons (Fsp3) is 0.143. The molecule has 0 heterocycles. The number of halogens is 3. The van der Waals surface area contributed by atoms with Crippen LogP contribution >= 0.6 is 15.9 Å². The molecule has 0 aromatic heterocycles. The number of nitrogens with one attached hydrogen (secondary N) is 1. The maximum Gasteiger partial charge on any atom is 0.139 e. The molecule has 0 aliphatic carbocycles. The Hall–Kier alpha value is -1.42. The number of rotatable bonds is 3. The van der Waals surface area contributed by atoms with Crippen molar-refractivity contribution in [3.05, 3.63) is 64.1 Å². The highest BCUT2D eigenvalue weighted by molar-refractivity contribution is 9.10. The molecular weight excluding hydrogens is 300 g/mol. The van der Waals surface area contributed by atoms with E-state index in [1.165, 1.54) is 12.1 Å². The van der Waals surface area contributed by atoms with E-state index in [9.17, 15) is 8.78 Å². The zero-order valence-corrected chi connectivity index (χ0v) is 11.3. The van der Waals surface area contributed by atoms with Crippen LogP contribution < -0.4 is 5.32 Å². The van der Waals surface area contributed by atoms with Gasteiger partial charge in [0, 0.05) is 11.3 Å². The molecule has 1 unspecified atom stereocenters. The molecule has 1 atom stereocenters. The van der Waals surface area contributed by atoms with Crippen LogP contribution in [0.3, 0.4) is 0 Å². The number of hydrogen-bond donors (Lipinski definition) is 1. The lowest BCUT2D eigenvalue weighted by Gasteiger charge is -2.16. The summed E-state index contributed by atoms with van der Waals surface area (Å²) in [5.41, 5.74) is 1.17. The van der Waals surface area contributed by atoms with E-state index >= 15 is 0 Å². The Labute approximate surface area is 113 Å². The van der Waals surface area contributed by atoms with Crippen LogP contribution in [0.2, 0.25) is 0 Å². The van der Waals surface area contributed by atoms with Crippen molar-refractivity contribution in [3.63, 3.8) is 0 Å². The van der Waals surface area contributed by atoms with E-state index in [0.717, 1.165) is 0 Å². The average Bonchev–Trinajstić information content (AvgIpc) is 2.34. The Morgan fingerprint density at radius 3 is 2.44 bits per heavy atom. The minimum atomic E-state index is -0.347. The van der Waals surface area contributed by atoms with Gasteiger partial charge in [-0.05, 0) is 47.1 Å². The zero-order chi connectivity index (χ0) is 13.1. The van der Waals surface area contributed by atoms with Crippen LogP contribution in [0.25, 0.3) is 0 Å². The van der Waals surface area contributed by atoms with E-state index in [1.807, 2.05) is 6.92 Å². The van der Waals surface area contributed by atoms with Crippen molar-refractivity contribution in [2.24, 2.45) is 0 Å². The molecule has 2 aromatic carbocycles. The highest BCUT2D eigenvalue weighted by atomic mass is 79.9. The summed E-state index contributed by atoms with van der Waals surface area (Å²) in [7, 11) is 0. The molecule has 18 heavy (non-hydrogen) atoms. The van der Waals surface area contributed by atoms with Crippen molar-refractivity contribution < 1.29 is 8.78 Å². The molecule has 1 N–H and O–H groups in total. The average molecular weight is 312 g/mol. The van der Waals surface area contributed by atoms with E-state index < -0.39 is 0 Å². The van der Waals surface area contributed by atoms with Crippen molar-refractivity contribution >= 4 is 21.6 Å². The fourth-order valence-electron chi connectivity index (χ4n) is 1.74. The second-order valence-electron chi connectivity index (χ2n) is 4.02. The van der Waals surface area contributed by atoms with Gasteiger partial charge in [0.05, 0.1) is 10.5 Å². The van der Waals surface area contributed by atoms with Crippen LogP contribution in [0.15, 0.2) is 46.9 Å². The first-order valence-corrected chi connectivity index (χ1v) is 6.33. The maximum atomic E-state index is 13.6. The largest absolute Gasteiger partial charge is 0.378 e. The van der Waals surface area contributed by atoms with Crippen molar-refractivity contribution in [2.75, 3.05) is 5.32 Å². The number of hydrogen-bond acceptors (Lipinski definition) is 1. The zero-order valence-electron chi connectivity index (χ0n) is 9.75. The molecule has 0 saturated heterocycles. The standard InChI is InChI=1S/C14H12BrF2N/c1-9(11-4-2-3-5-13(11)16)18-10-6-7-12(15)14(17)8-10/h2-9,18H,1H3. The summed E-state index contributed by atoms with van der Waals surface area (Å²) in [5.74, 6) is -0.615. The van der Waals surface area contributed by atoms with Gasteiger partial charge >= 0.3 is 0 Å². The second kappa shape index (κ2) is 5.48. The summed E-state index contributed by atoms with van der Waals surface area (Å²) in [6.45, 7) is 1.83. The Morgan fingerprint density at radius 1 is 1.06 bits per heavy atom. The van der Waals surface area contributed by atoms with Crippen LogP contribution in [-0.2, 0) is 0 Å². The molecule has 0 fully saturated rings. The van der Waals surface area contributed by atoms with Crippen LogP contribution in [0.5, 0.6) is 0 Å². The Bertz CT molecular complexity index is 557. The van der Waals surface area contributed by atoms with Gasteiger partial charge in [0.15, 0.2) is 0 Å². The minimum absolute atomic E-state index is 0.230. The number of anilines is 1. The number of benzene rings is 2. The van der Waals surface area contributed by atoms with E-state index in [4.69, 9.17) is 0 Å². The predicted octanol–water partition coefficient (Wildman–Crippen LogP) is 4.90. The van der Waals surface area contributed by atoms with Gasteiger partial charge in [-0.3, -0.25) is 0 Å². The van der Waals surface area contributed by atoms with Gasteiger partial charge in [-0.25, -0.2) is 8.78 Å². The minimum Gasteiger partial charge on any atom is -0.378 e. The normalized spacial score (nSPS) is 12.2. The highest BCUT2D eigenvalue weighted by Gasteiger charge is 2.10. The summed E-state index contributed by atoms with van der Waals surface area (Å²) in [5, 5.41) is 3.07. The molecule has 4 heteroatoms. The molecule has 0 aliphatic rings. The second-order valence-corrected chi connectivity index (χ2v) is 4.87. The van der Waals surface area contributed by atoms with Crippen molar-refractivity contribution in [2.45, 2.75) is 13.0 Å². The van der Waals surface area contributed by atoms with E-state index in [-0.39, 0.29) is 17.7 Å². The van der Waals surface area contributed by atoms with Crippen LogP contribution in [0.4, 0.5) is 14.5 Å². The summed E-state index contributed by atoms with van der Waals surface area (Å²) in [4.78, 5) is 0. The van der Waals surface area contributed by atoms with E-state index in [2.05, 4.69) is 21.2 Å². The van der Waals surface area contributed by atoms with Gasteiger partial charge in [0.1, 0.15) is 11.6 Å². The lowest BCUT2D eigenvalue weighted by molar-refractivity contribution is 0.600. The molecule has 0 saturated carbocycles. The van der Waals surface area contributed by atoms with Gasteiger partial charge in [0.2, 0.25) is 0 Å². The van der Waals surface area contributed by atoms with Crippen molar-refractivity contribution in [3.8, 4) is 0 Å². The van der Waals surface area contributed by atoms with E-state index in [0.29, 0.717) is 15.7 Å². The fourth-order valence-corrected chi connectivity index (χ4v) is 1.99. The van der Waals surface area contributed by atoms with Gasteiger partial charge in [-0.15, -0.1) is 0 Å². The third-order valence-corrected chi connectivity index (χ3v) is 3.32. The van der Waals surface area contributed by atoms with Crippen LogP contribution in [0.1, 0.15) is 18.5 Å². The first kappa shape index (κ1) is 13.0. The summed E-state index contributed by atoms with van der Waals surface area (Å²) in [6, 6.07) is 11.0. The molecule has 2 rings (SSSR count). The molecule has 1 nitrogen and oxygen atoms in total. The smallest absolute Gasteiger partial charge is 0.139 e. The van der Waals surface area contributed by atoms with Gasteiger partial charge < -0.3 is 5.32 Å². The Kier molecular flexibility index (Phi) is 3.97. The summed E-state index contributed by atoms with van der Waals surface area (Å²) >= 11 is 3.09. The molecule has 0 spiro atoms. The first-order valence-electron chi connectivity index (χ1n) is 5.54. The van der Waals surface area contributed by atoms with Crippen molar-refractivity contribution in [1.82, 2.24) is 0 Å². The summed E-state index contributed by atoms with van der Waals surface area (Å²) in [6.07, 6.45) is 0. The topological polar surface area (TPSA) is 12.0 Å². The molecular formula is C14H12BrF2N. The third kappa shape index (κ3) is 2.88. The first-order chi connectivity index (χ1) is 8.58. The van der Waals surface area contributed by atoms with E-state index in [1.54, 1.807) is 30.3 Å². The van der Waals surface area contributed by atoms with Gasteiger partial charge in [-0.1, -0.05) is 18.2 Å². The molecule has 0 bridgehead atoms. The lowest BCUT2D eigenvalue weighted by atomic mass is 10.1. The highest BCUT2D eigenvalue weighted by Crippen LogP contribution is 2.24. The van der Waals surface area contributed by atoms with Gasteiger partial charge in [0.25, 0.3) is 0 Å². The molecule has 2 aromatic rings. The molecule has 0 aliphatic heterocycles. The summed E-state index contributed by atoms with van der Waals surface area (Å²) < 4.78 is 27.3. The monoisotopic (exact) mass is 311 g/mol. The van der Waals surface area contributed by atoms with Crippen LogP contribution in [0, 0.1) is 11.6 Å². The lowest BCUT2D eigenvalue weighted by Crippen LogP contribution is -2.08. The predicted molar refractivity (Wildman–Crippen MR) is 72.5 cm³/mol. The SMILES string of the molecule is CC(Nc1ccc(Br)c(F)c1)c1ccccc1F. The molecule has 0 amide bonds. The van der Waals surface area contributed by atoms with Gasteiger partial charge in [-0.2, -0.15) is 0 Å². The Balaban J connectivity index is 2.19. The van der Waals surface area contributed by atoms with Crippen LogP contribution in [-0.4, -0.2) is 0 Å². The Morgan fingerprint density at radius 2 is 1.78 bits per heavy atom. The molecule has 0 radical (unpaired) electrons. The van der Waals surface area contributed by atoms with Crippen molar-refractivity contribution in [1.29, 1.82) is 0 Å². The third-order valence-electron chi connectivity index (χ3n) is 2.67. The maximum absolute atomic E-state index is 13.6. The quantitative estimate of drug-likeness (QED) is 0.850.